The fourth-order valence-corrected chi connectivity index (χ4v) is 1.27. The normalized spacial score (nSPS) is 12.3. The Kier molecular flexibility index (Phi) is 4.05. The maximum Gasteiger partial charge on any atom is 0.278 e. The zero-order chi connectivity index (χ0) is 10.7. The summed E-state index contributed by atoms with van der Waals surface area (Å²) in [6, 6.07) is 4.98. The van der Waals surface area contributed by atoms with Crippen molar-refractivity contribution < 1.29 is 9.53 Å². The molecule has 0 amide bonds. The van der Waals surface area contributed by atoms with E-state index in [0.29, 0.717) is 10.8 Å². The number of halogens is 3. The molecule has 0 radical (unpaired) electrons. The number of ether oxygens (including phenoxy) is 1. The van der Waals surface area contributed by atoms with Crippen LogP contribution in [0.3, 0.4) is 0 Å². The lowest BCUT2D eigenvalue weighted by Gasteiger charge is -2.10. The summed E-state index contributed by atoms with van der Waals surface area (Å²) in [4.78, 5) is 10.6. The molecule has 0 saturated heterocycles. The van der Waals surface area contributed by atoms with Crippen LogP contribution in [0.15, 0.2) is 18.2 Å². The average Bonchev–Trinajstić information content (AvgIpc) is 2.09. The van der Waals surface area contributed by atoms with Crippen molar-refractivity contribution in [3.05, 3.63) is 28.8 Å². The van der Waals surface area contributed by atoms with E-state index in [0.717, 1.165) is 5.56 Å². The summed E-state index contributed by atoms with van der Waals surface area (Å²) in [7, 11) is 0. The Labute approximate surface area is 96.7 Å². The Morgan fingerprint density at radius 3 is 2.64 bits per heavy atom. The Hall–Kier alpha value is -0.440. The van der Waals surface area contributed by atoms with Crippen LogP contribution in [0.2, 0.25) is 5.02 Å². The third-order valence-electron chi connectivity index (χ3n) is 1.55. The highest BCUT2D eigenvalue weighted by Crippen LogP contribution is 2.23. The van der Waals surface area contributed by atoms with E-state index in [-0.39, 0.29) is 0 Å². The van der Waals surface area contributed by atoms with Gasteiger partial charge in [-0.25, -0.2) is 0 Å². The molecular formula is C9H7Cl3O2. The molecule has 76 valence electrons. The van der Waals surface area contributed by atoms with E-state index >= 15 is 0 Å². The molecule has 0 spiro atoms. The molecule has 0 aliphatic heterocycles. The van der Waals surface area contributed by atoms with Crippen LogP contribution in [0.25, 0.3) is 0 Å². The molecule has 2 nitrogen and oxygen atoms in total. The van der Waals surface area contributed by atoms with Gasteiger partial charge in [0.25, 0.3) is 5.24 Å². The summed E-state index contributed by atoms with van der Waals surface area (Å²) in [5, 5.41) is -0.154. The minimum Gasteiger partial charge on any atom is -0.465 e. The smallest absolute Gasteiger partial charge is 0.278 e. The van der Waals surface area contributed by atoms with Gasteiger partial charge in [-0.15, -0.1) is 0 Å². The van der Waals surface area contributed by atoms with E-state index in [9.17, 15) is 4.79 Å². The number of hydrogen-bond acceptors (Lipinski definition) is 2. The lowest BCUT2D eigenvalue weighted by atomic mass is 10.2. The molecule has 0 saturated carbocycles. The number of aryl methyl sites for hydroxylation is 1. The molecule has 0 heterocycles. The molecule has 0 aliphatic rings. The maximum atomic E-state index is 10.6. The van der Waals surface area contributed by atoms with Crippen molar-refractivity contribution in [3.8, 4) is 5.75 Å². The van der Waals surface area contributed by atoms with Crippen LogP contribution >= 0.6 is 34.8 Å². The fraction of sp³-hybridized carbons (Fsp3) is 0.222. The highest BCUT2D eigenvalue weighted by Gasteiger charge is 2.14. The second-order valence-corrected chi connectivity index (χ2v) is 3.85. The van der Waals surface area contributed by atoms with E-state index in [4.69, 9.17) is 39.5 Å². The molecular weight excluding hydrogens is 246 g/mol. The third kappa shape index (κ3) is 3.05. The van der Waals surface area contributed by atoms with Crippen LogP contribution < -0.4 is 4.74 Å². The van der Waals surface area contributed by atoms with Crippen LogP contribution in [0.5, 0.6) is 5.75 Å². The molecule has 1 unspecified atom stereocenters. The van der Waals surface area contributed by atoms with Gasteiger partial charge in [0, 0.05) is 5.02 Å². The van der Waals surface area contributed by atoms with Gasteiger partial charge in [-0.05, 0) is 42.3 Å². The summed E-state index contributed by atoms with van der Waals surface area (Å²) in [6.07, 6.45) is 0. The summed E-state index contributed by atoms with van der Waals surface area (Å²) >= 11 is 16.4. The first-order valence-corrected chi connectivity index (χ1v) is 4.96. The van der Waals surface area contributed by atoms with Crippen molar-refractivity contribution in [1.82, 2.24) is 0 Å². The van der Waals surface area contributed by atoms with Crippen molar-refractivity contribution in [2.75, 3.05) is 0 Å². The van der Waals surface area contributed by atoms with Crippen LogP contribution in [-0.4, -0.2) is 10.8 Å². The molecule has 0 aromatic heterocycles. The quantitative estimate of drug-likeness (QED) is 0.610. The first-order valence-electron chi connectivity index (χ1n) is 3.77. The lowest BCUT2D eigenvalue weighted by molar-refractivity contribution is -0.115. The van der Waals surface area contributed by atoms with Gasteiger partial charge in [0.2, 0.25) is 5.56 Å². The average molecular weight is 254 g/mol. The Morgan fingerprint density at radius 2 is 2.14 bits per heavy atom. The van der Waals surface area contributed by atoms with Gasteiger partial charge in [-0.1, -0.05) is 23.2 Å². The first kappa shape index (κ1) is 11.6. The number of hydrogen-bond donors (Lipinski definition) is 0. The Bertz CT molecular complexity index is 352. The highest BCUT2D eigenvalue weighted by atomic mass is 35.5. The van der Waals surface area contributed by atoms with Crippen LogP contribution in [-0.2, 0) is 4.79 Å². The molecule has 1 rings (SSSR count). The highest BCUT2D eigenvalue weighted by molar-refractivity contribution is 6.68. The summed E-state index contributed by atoms with van der Waals surface area (Å²) in [6.45, 7) is 1.80. The van der Waals surface area contributed by atoms with Crippen molar-refractivity contribution in [2.45, 2.75) is 12.5 Å². The Morgan fingerprint density at radius 1 is 1.50 bits per heavy atom. The zero-order valence-electron chi connectivity index (χ0n) is 7.26. The van der Waals surface area contributed by atoms with Crippen LogP contribution in [0.4, 0.5) is 0 Å². The third-order valence-corrected chi connectivity index (χ3v) is 2.38. The van der Waals surface area contributed by atoms with Crippen molar-refractivity contribution in [2.24, 2.45) is 0 Å². The molecule has 14 heavy (non-hydrogen) atoms. The van der Waals surface area contributed by atoms with Gasteiger partial charge in [0.1, 0.15) is 5.75 Å². The van der Waals surface area contributed by atoms with Gasteiger partial charge in [0.05, 0.1) is 0 Å². The van der Waals surface area contributed by atoms with E-state index in [1.54, 1.807) is 25.1 Å². The number of benzene rings is 1. The predicted octanol–water partition coefficient (Wildman–Crippen LogP) is 3.36. The van der Waals surface area contributed by atoms with Crippen molar-refractivity contribution >= 4 is 40.0 Å². The van der Waals surface area contributed by atoms with E-state index in [2.05, 4.69) is 0 Å². The summed E-state index contributed by atoms with van der Waals surface area (Å²) in [5.41, 5.74) is -0.377. The topological polar surface area (TPSA) is 26.3 Å². The molecule has 1 atom stereocenters. The predicted molar refractivity (Wildman–Crippen MR) is 57.3 cm³/mol. The lowest BCUT2D eigenvalue weighted by Crippen LogP contribution is -2.16. The van der Waals surface area contributed by atoms with Crippen molar-refractivity contribution in [3.63, 3.8) is 0 Å². The molecule has 0 bridgehead atoms. The van der Waals surface area contributed by atoms with E-state index in [1.165, 1.54) is 0 Å². The van der Waals surface area contributed by atoms with Crippen LogP contribution in [0.1, 0.15) is 5.56 Å². The zero-order valence-corrected chi connectivity index (χ0v) is 9.53. The standard InChI is InChI=1S/C9H7Cl3O2/c1-5-4-6(10)2-3-7(5)14-9(12)8(11)13/h2-4,9H,1H3. The molecule has 1 aromatic carbocycles. The summed E-state index contributed by atoms with van der Waals surface area (Å²) < 4.78 is 5.09. The van der Waals surface area contributed by atoms with E-state index in [1.807, 2.05) is 0 Å². The number of carbonyl (C=O) groups excluding carboxylic acids is 1. The molecule has 0 aliphatic carbocycles. The fourth-order valence-electron chi connectivity index (χ4n) is 0.903. The van der Waals surface area contributed by atoms with Gasteiger partial charge in [-0.2, -0.15) is 0 Å². The van der Waals surface area contributed by atoms with Crippen molar-refractivity contribution in [1.29, 1.82) is 0 Å². The maximum absolute atomic E-state index is 10.6. The van der Waals surface area contributed by atoms with Gasteiger partial charge in [0.15, 0.2) is 0 Å². The van der Waals surface area contributed by atoms with Gasteiger partial charge < -0.3 is 4.74 Å². The van der Waals surface area contributed by atoms with Gasteiger partial charge >= 0.3 is 0 Å². The minimum atomic E-state index is -1.17. The SMILES string of the molecule is Cc1cc(Cl)ccc1OC(Cl)C(=O)Cl. The number of rotatable bonds is 3. The summed E-state index contributed by atoms with van der Waals surface area (Å²) in [5.74, 6) is 0.489. The molecule has 0 fully saturated rings. The van der Waals surface area contributed by atoms with Gasteiger partial charge in [-0.3, -0.25) is 4.79 Å². The Balaban J connectivity index is 2.82. The minimum absolute atomic E-state index is 0.489. The largest absolute Gasteiger partial charge is 0.465 e. The number of alkyl halides is 1. The molecule has 5 heteroatoms. The van der Waals surface area contributed by atoms with Crippen LogP contribution in [0, 0.1) is 6.92 Å². The molecule has 1 aromatic rings. The second kappa shape index (κ2) is 4.87. The monoisotopic (exact) mass is 252 g/mol. The molecule has 0 N–H and O–H groups in total. The van der Waals surface area contributed by atoms with E-state index < -0.39 is 10.8 Å². The first-order chi connectivity index (χ1) is 6.50. The second-order valence-electron chi connectivity index (χ2n) is 2.65. The number of carbonyl (C=O) groups is 1.